The maximum absolute atomic E-state index is 13.4. The molecule has 1 atom stereocenters. The zero-order chi connectivity index (χ0) is 12.8. The molecule has 5 nitrogen and oxygen atoms in total. The molecule has 1 heterocycles. The van der Waals surface area contributed by atoms with E-state index in [1.54, 1.807) is 0 Å². The first-order valence-electron chi connectivity index (χ1n) is 5.09. The minimum atomic E-state index is -2.83. The van der Waals surface area contributed by atoms with Crippen LogP contribution in [0.2, 0.25) is 0 Å². The van der Waals surface area contributed by atoms with Crippen molar-refractivity contribution in [3.05, 3.63) is 17.5 Å². The first-order chi connectivity index (χ1) is 7.88. The Labute approximate surface area is 96.5 Å². The van der Waals surface area contributed by atoms with Gasteiger partial charge in [0.2, 0.25) is 0 Å². The number of nitrogens with zero attached hydrogens (tertiary/aromatic N) is 2. The summed E-state index contributed by atoms with van der Waals surface area (Å²) >= 11 is 0. The number of hydrogen-bond donors (Lipinski definition) is 1. The van der Waals surface area contributed by atoms with E-state index in [1.807, 2.05) is 0 Å². The number of halogens is 2. The molecule has 7 heteroatoms. The van der Waals surface area contributed by atoms with Crippen molar-refractivity contribution in [3.8, 4) is 0 Å². The lowest BCUT2D eigenvalue weighted by Crippen LogP contribution is -2.29. The molecule has 2 N–H and O–H groups in total. The number of hydrogen-bond acceptors (Lipinski definition) is 4. The van der Waals surface area contributed by atoms with Crippen LogP contribution in [-0.4, -0.2) is 35.3 Å². The summed E-state index contributed by atoms with van der Waals surface area (Å²) in [5.74, 6) is -3.48. The largest absolute Gasteiger partial charge is 0.464 e. The second-order valence-corrected chi connectivity index (χ2v) is 4.20. The SMILES string of the molecule is COC(=O)c1cc(C2(CN)CC2(F)F)n(C)n1. The number of methoxy groups -OCH3 is 1. The number of esters is 1. The molecule has 0 saturated heterocycles. The highest BCUT2D eigenvalue weighted by Gasteiger charge is 2.72. The van der Waals surface area contributed by atoms with E-state index in [2.05, 4.69) is 9.84 Å². The maximum atomic E-state index is 13.4. The molecule has 1 saturated carbocycles. The van der Waals surface area contributed by atoms with Crippen LogP contribution in [0.15, 0.2) is 6.07 Å². The first kappa shape index (κ1) is 12.0. The molecule has 0 radical (unpaired) electrons. The molecule has 1 aliphatic carbocycles. The molecule has 1 aliphatic rings. The highest BCUT2D eigenvalue weighted by molar-refractivity contribution is 5.87. The third-order valence-corrected chi connectivity index (χ3v) is 3.21. The van der Waals surface area contributed by atoms with Gasteiger partial charge in [-0.15, -0.1) is 0 Å². The fourth-order valence-electron chi connectivity index (χ4n) is 2.06. The second kappa shape index (κ2) is 3.49. The predicted molar refractivity (Wildman–Crippen MR) is 54.8 cm³/mol. The summed E-state index contributed by atoms with van der Waals surface area (Å²) in [7, 11) is 2.72. The van der Waals surface area contributed by atoms with Gasteiger partial charge < -0.3 is 10.5 Å². The van der Waals surface area contributed by atoms with Gasteiger partial charge in [0.05, 0.1) is 18.2 Å². The second-order valence-electron chi connectivity index (χ2n) is 4.20. The van der Waals surface area contributed by atoms with Gasteiger partial charge in [-0.05, 0) is 6.07 Å². The van der Waals surface area contributed by atoms with E-state index < -0.39 is 17.3 Å². The summed E-state index contributed by atoms with van der Waals surface area (Å²) in [4.78, 5) is 11.3. The first-order valence-corrected chi connectivity index (χ1v) is 5.09. The number of nitrogens with two attached hydrogens (primary N) is 1. The van der Waals surface area contributed by atoms with Gasteiger partial charge in [-0.1, -0.05) is 0 Å². The van der Waals surface area contributed by atoms with Crippen LogP contribution in [0.5, 0.6) is 0 Å². The van der Waals surface area contributed by atoms with Gasteiger partial charge in [0, 0.05) is 20.0 Å². The third-order valence-electron chi connectivity index (χ3n) is 3.21. The molecular weight excluding hydrogens is 232 g/mol. The van der Waals surface area contributed by atoms with Crippen LogP contribution in [-0.2, 0) is 17.2 Å². The normalized spacial score (nSPS) is 25.7. The fraction of sp³-hybridized carbons (Fsp3) is 0.600. The summed E-state index contributed by atoms with van der Waals surface area (Å²) < 4.78 is 32.5. The summed E-state index contributed by atoms with van der Waals surface area (Å²) in [6.07, 6.45) is -0.309. The van der Waals surface area contributed by atoms with E-state index in [9.17, 15) is 13.6 Å². The summed E-state index contributed by atoms with van der Waals surface area (Å²) in [6, 6.07) is 1.32. The van der Waals surface area contributed by atoms with E-state index in [4.69, 9.17) is 5.73 Å². The van der Waals surface area contributed by atoms with Gasteiger partial charge in [0.1, 0.15) is 0 Å². The van der Waals surface area contributed by atoms with E-state index in [0.717, 1.165) is 0 Å². The maximum Gasteiger partial charge on any atom is 0.358 e. The van der Waals surface area contributed by atoms with Crippen molar-refractivity contribution in [1.29, 1.82) is 0 Å². The number of alkyl halides is 2. The topological polar surface area (TPSA) is 70.1 Å². The minimum Gasteiger partial charge on any atom is -0.464 e. The van der Waals surface area contributed by atoms with Gasteiger partial charge in [0.25, 0.3) is 5.92 Å². The highest BCUT2D eigenvalue weighted by atomic mass is 19.3. The Hall–Kier alpha value is -1.50. The minimum absolute atomic E-state index is 0.0144. The van der Waals surface area contributed by atoms with Crippen LogP contribution in [0, 0.1) is 0 Å². The molecule has 0 aliphatic heterocycles. The van der Waals surface area contributed by atoms with Crippen molar-refractivity contribution in [3.63, 3.8) is 0 Å². The Morgan fingerprint density at radius 3 is 2.71 bits per heavy atom. The van der Waals surface area contributed by atoms with E-state index in [0.29, 0.717) is 0 Å². The fourth-order valence-corrected chi connectivity index (χ4v) is 2.06. The van der Waals surface area contributed by atoms with E-state index in [-0.39, 0.29) is 24.4 Å². The Bertz CT molecular complexity index is 472. The van der Waals surface area contributed by atoms with Crippen LogP contribution < -0.4 is 5.73 Å². The van der Waals surface area contributed by atoms with Crippen molar-refractivity contribution < 1.29 is 18.3 Å². The van der Waals surface area contributed by atoms with Gasteiger partial charge in [0.15, 0.2) is 5.69 Å². The molecule has 1 fully saturated rings. The molecule has 0 bridgehead atoms. The number of aromatic nitrogens is 2. The number of carbonyl (C=O) groups is 1. The molecule has 0 spiro atoms. The zero-order valence-corrected chi connectivity index (χ0v) is 9.54. The Kier molecular flexibility index (Phi) is 2.46. The van der Waals surface area contributed by atoms with E-state index >= 15 is 0 Å². The number of rotatable bonds is 3. The van der Waals surface area contributed by atoms with Crippen molar-refractivity contribution in [1.82, 2.24) is 9.78 Å². The van der Waals surface area contributed by atoms with Crippen LogP contribution >= 0.6 is 0 Å². The Balaban J connectivity index is 2.41. The smallest absolute Gasteiger partial charge is 0.358 e. The molecule has 17 heavy (non-hydrogen) atoms. The van der Waals surface area contributed by atoms with Gasteiger partial charge in [-0.2, -0.15) is 5.10 Å². The third kappa shape index (κ3) is 1.53. The molecule has 1 unspecified atom stereocenters. The van der Waals surface area contributed by atoms with Crippen molar-refractivity contribution in [2.24, 2.45) is 12.8 Å². The number of aryl methyl sites for hydroxylation is 1. The molecule has 0 aromatic carbocycles. The van der Waals surface area contributed by atoms with Gasteiger partial charge in [-0.25, -0.2) is 13.6 Å². The van der Waals surface area contributed by atoms with Crippen LogP contribution in [0.4, 0.5) is 8.78 Å². The lowest BCUT2D eigenvalue weighted by molar-refractivity contribution is 0.0593. The Morgan fingerprint density at radius 1 is 1.71 bits per heavy atom. The zero-order valence-electron chi connectivity index (χ0n) is 9.54. The molecule has 1 aromatic heterocycles. The molecule has 2 rings (SSSR count). The highest BCUT2D eigenvalue weighted by Crippen LogP contribution is 2.60. The molecule has 0 amide bonds. The van der Waals surface area contributed by atoms with E-state index in [1.165, 1.54) is 24.9 Å². The van der Waals surface area contributed by atoms with Gasteiger partial charge in [-0.3, -0.25) is 4.68 Å². The standard InChI is InChI=1S/C10H13F2N3O2/c1-15-7(3-6(14-15)8(16)17-2)9(5-13)4-10(9,11)12/h3H,4-5,13H2,1-2H3. The van der Waals surface area contributed by atoms with Gasteiger partial charge >= 0.3 is 5.97 Å². The molecular formula is C10H13F2N3O2. The monoisotopic (exact) mass is 245 g/mol. The number of carbonyl (C=O) groups excluding carboxylic acids is 1. The average Bonchev–Trinajstić information content (AvgIpc) is 2.65. The Morgan fingerprint density at radius 2 is 2.29 bits per heavy atom. The molecule has 1 aromatic rings. The summed E-state index contributed by atoms with van der Waals surface area (Å²) in [5.41, 5.74) is 4.32. The average molecular weight is 245 g/mol. The van der Waals surface area contributed by atoms with Crippen LogP contribution in [0.3, 0.4) is 0 Å². The van der Waals surface area contributed by atoms with Crippen LogP contribution in [0.1, 0.15) is 22.6 Å². The predicted octanol–water partition coefficient (Wildman–Crippen LogP) is 0.442. The lowest BCUT2D eigenvalue weighted by Gasteiger charge is -2.13. The molecule has 94 valence electrons. The quantitative estimate of drug-likeness (QED) is 0.784. The summed E-state index contributed by atoms with van der Waals surface area (Å²) in [6.45, 7) is -0.180. The van der Waals surface area contributed by atoms with Crippen molar-refractivity contribution >= 4 is 5.97 Å². The van der Waals surface area contributed by atoms with Crippen molar-refractivity contribution in [2.75, 3.05) is 13.7 Å². The summed E-state index contributed by atoms with van der Waals surface area (Å²) in [5, 5.41) is 3.85. The van der Waals surface area contributed by atoms with Crippen LogP contribution in [0.25, 0.3) is 0 Å². The van der Waals surface area contributed by atoms with Crippen molar-refractivity contribution in [2.45, 2.75) is 17.8 Å². The number of ether oxygens (including phenoxy) is 1. The lowest BCUT2D eigenvalue weighted by atomic mass is 10.0.